The fourth-order valence-corrected chi connectivity index (χ4v) is 1.84. The summed E-state index contributed by atoms with van der Waals surface area (Å²) in [6.07, 6.45) is 1.76. The highest BCUT2D eigenvalue weighted by molar-refractivity contribution is 7.13. The van der Waals surface area contributed by atoms with E-state index in [1.54, 1.807) is 24.6 Å². The topological polar surface area (TPSA) is 22.1 Å². The third-order valence-electron chi connectivity index (χ3n) is 1.75. The fourth-order valence-electron chi connectivity index (χ4n) is 1.12. The van der Waals surface area contributed by atoms with E-state index >= 15 is 0 Å². The molecule has 13 heavy (non-hydrogen) atoms. The van der Waals surface area contributed by atoms with Crippen molar-refractivity contribution in [3.63, 3.8) is 0 Å². The zero-order valence-electron chi connectivity index (χ0n) is 7.23. The first-order valence-electron chi connectivity index (χ1n) is 3.94. The number of rotatable bonds is 2. The van der Waals surface area contributed by atoms with Crippen molar-refractivity contribution in [3.8, 4) is 16.3 Å². The zero-order chi connectivity index (χ0) is 9.10. The predicted octanol–water partition coefficient (Wildman–Crippen LogP) is 2.82. The molecule has 0 fully saturated rings. The van der Waals surface area contributed by atoms with Crippen molar-refractivity contribution in [1.82, 2.24) is 4.98 Å². The molecule has 2 rings (SSSR count). The molecule has 3 heteroatoms. The second kappa shape index (κ2) is 3.58. The Labute approximate surface area is 80.8 Å². The average molecular weight is 191 g/mol. The molecule has 0 saturated carbocycles. The summed E-state index contributed by atoms with van der Waals surface area (Å²) in [6, 6.07) is 8.03. The van der Waals surface area contributed by atoms with Crippen LogP contribution in [0.5, 0.6) is 5.88 Å². The lowest BCUT2D eigenvalue weighted by molar-refractivity contribution is 0.398. The van der Waals surface area contributed by atoms with Gasteiger partial charge in [-0.05, 0) is 23.1 Å². The molecule has 2 nitrogen and oxygen atoms in total. The van der Waals surface area contributed by atoms with Crippen molar-refractivity contribution in [2.75, 3.05) is 7.11 Å². The first-order chi connectivity index (χ1) is 6.40. The second-order valence-electron chi connectivity index (χ2n) is 2.56. The minimum Gasteiger partial charge on any atom is -0.481 e. The minimum absolute atomic E-state index is 0.658. The molecule has 2 heterocycles. The third kappa shape index (κ3) is 1.70. The van der Waals surface area contributed by atoms with Gasteiger partial charge in [0.1, 0.15) is 0 Å². The minimum atomic E-state index is 0.658. The van der Waals surface area contributed by atoms with Gasteiger partial charge in [-0.3, -0.25) is 0 Å². The first kappa shape index (κ1) is 8.26. The van der Waals surface area contributed by atoms with Gasteiger partial charge in [-0.25, -0.2) is 4.98 Å². The average Bonchev–Trinajstić information content (AvgIpc) is 2.71. The monoisotopic (exact) mass is 191 g/mol. The van der Waals surface area contributed by atoms with E-state index in [0.29, 0.717) is 5.88 Å². The summed E-state index contributed by atoms with van der Waals surface area (Å²) in [7, 11) is 1.63. The van der Waals surface area contributed by atoms with Crippen LogP contribution in [0.25, 0.3) is 10.4 Å². The zero-order valence-corrected chi connectivity index (χ0v) is 8.04. The van der Waals surface area contributed by atoms with Crippen LogP contribution in [0.2, 0.25) is 0 Å². The number of ether oxygens (including phenoxy) is 1. The third-order valence-corrected chi connectivity index (χ3v) is 2.67. The molecule has 0 radical (unpaired) electrons. The Morgan fingerprint density at radius 1 is 1.38 bits per heavy atom. The molecule has 0 unspecified atom stereocenters. The van der Waals surface area contributed by atoms with Crippen molar-refractivity contribution in [2.24, 2.45) is 0 Å². The van der Waals surface area contributed by atoms with Gasteiger partial charge in [0.05, 0.1) is 7.11 Å². The second-order valence-corrected chi connectivity index (χ2v) is 3.51. The molecule has 0 N–H and O–H groups in total. The van der Waals surface area contributed by atoms with Gasteiger partial charge in [-0.1, -0.05) is 6.07 Å². The lowest BCUT2D eigenvalue weighted by Crippen LogP contribution is -1.86. The van der Waals surface area contributed by atoms with Crippen LogP contribution in [0.1, 0.15) is 0 Å². The number of aromatic nitrogens is 1. The van der Waals surface area contributed by atoms with Gasteiger partial charge in [-0.15, -0.1) is 11.3 Å². The molecule has 0 spiro atoms. The maximum absolute atomic E-state index is 5.05. The summed E-state index contributed by atoms with van der Waals surface area (Å²) in [6.45, 7) is 0. The van der Waals surface area contributed by atoms with Gasteiger partial charge in [-0.2, -0.15) is 0 Å². The number of hydrogen-bond donors (Lipinski definition) is 0. The highest BCUT2D eigenvalue weighted by Gasteiger charge is 1.99. The number of hydrogen-bond acceptors (Lipinski definition) is 3. The van der Waals surface area contributed by atoms with E-state index in [1.807, 2.05) is 18.2 Å². The Bertz CT molecular complexity index is 384. The number of thiophene rings is 1. The van der Waals surface area contributed by atoms with E-state index in [4.69, 9.17) is 4.74 Å². The standard InChI is InChI=1S/C10H9NOS/c1-12-10-7-8(4-5-11-10)9-3-2-6-13-9/h2-7H,1H3. The summed E-state index contributed by atoms with van der Waals surface area (Å²) in [4.78, 5) is 5.29. The summed E-state index contributed by atoms with van der Waals surface area (Å²) in [5, 5.41) is 2.06. The summed E-state index contributed by atoms with van der Waals surface area (Å²) < 4.78 is 5.05. The van der Waals surface area contributed by atoms with Crippen molar-refractivity contribution < 1.29 is 4.74 Å². The Morgan fingerprint density at radius 2 is 2.31 bits per heavy atom. The van der Waals surface area contributed by atoms with Crippen LogP contribution in [0, 0.1) is 0 Å². The van der Waals surface area contributed by atoms with E-state index in [1.165, 1.54) is 4.88 Å². The lowest BCUT2D eigenvalue weighted by atomic mass is 10.2. The van der Waals surface area contributed by atoms with Crippen molar-refractivity contribution in [2.45, 2.75) is 0 Å². The van der Waals surface area contributed by atoms with E-state index in [0.717, 1.165) is 5.56 Å². The Hall–Kier alpha value is -1.35. The van der Waals surface area contributed by atoms with Gasteiger partial charge in [0.25, 0.3) is 0 Å². The van der Waals surface area contributed by atoms with Crippen LogP contribution in [-0.2, 0) is 0 Å². The molecular formula is C10H9NOS. The maximum Gasteiger partial charge on any atom is 0.213 e. The summed E-state index contributed by atoms with van der Waals surface area (Å²) >= 11 is 1.71. The van der Waals surface area contributed by atoms with E-state index in [9.17, 15) is 0 Å². The van der Waals surface area contributed by atoms with Gasteiger partial charge < -0.3 is 4.74 Å². The van der Waals surface area contributed by atoms with Crippen LogP contribution in [0.4, 0.5) is 0 Å². The SMILES string of the molecule is COc1cc(-c2cccs2)ccn1. The van der Waals surface area contributed by atoms with E-state index in [-0.39, 0.29) is 0 Å². The molecular weight excluding hydrogens is 182 g/mol. The smallest absolute Gasteiger partial charge is 0.213 e. The van der Waals surface area contributed by atoms with Gasteiger partial charge in [0, 0.05) is 17.1 Å². The largest absolute Gasteiger partial charge is 0.481 e. The van der Waals surface area contributed by atoms with E-state index in [2.05, 4.69) is 16.4 Å². The van der Waals surface area contributed by atoms with Crippen LogP contribution in [0.15, 0.2) is 35.8 Å². The first-order valence-corrected chi connectivity index (χ1v) is 4.82. The number of pyridine rings is 1. The molecule has 66 valence electrons. The quantitative estimate of drug-likeness (QED) is 0.728. The lowest BCUT2D eigenvalue weighted by Gasteiger charge is -2.00. The summed E-state index contributed by atoms with van der Waals surface area (Å²) in [5.74, 6) is 0.658. The van der Waals surface area contributed by atoms with Gasteiger partial charge in [0.15, 0.2) is 0 Å². The molecule has 0 bridgehead atoms. The molecule has 0 amide bonds. The molecule has 0 saturated heterocycles. The van der Waals surface area contributed by atoms with Crippen LogP contribution < -0.4 is 4.74 Å². The number of nitrogens with zero attached hydrogens (tertiary/aromatic N) is 1. The fraction of sp³-hybridized carbons (Fsp3) is 0.100. The van der Waals surface area contributed by atoms with Gasteiger partial charge >= 0.3 is 0 Å². The molecule has 2 aromatic rings. The normalized spacial score (nSPS) is 9.92. The van der Waals surface area contributed by atoms with Crippen LogP contribution in [-0.4, -0.2) is 12.1 Å². The molecule has 2 aromatic heterocycles. The van der Waals surface area contributed by atoms with E-state index < -0.39 is 0 Å². The van der Waals surface area contributed by atoms with Crippen molar-refractivity contribution in [3.05, 3.63) is 35.8 Å². The highest BCUT2D eigenvalue weighted by Crippen LogP contribution is 2.25. The summed E-state index contributed by atoms with van der Waals surface area (Å²) in [5.41, 5.74) is 1.15. The molecule has 0 aliphatic heterocycles. The van der Waals surface area contributed by atoms with Crippen molar-refractivity contribution >= 4 is 11.3 Å². The Balaban J connectivity index is 2.41. The van der Waals surface area contributed by atoms with Gasteiger partial charge in [0.2, 0.25) is 5.88 Å². The predicted molar refractivity (Wildman–Crippen MR) is 54.1 cm³/mol. The van der Waals surface area contributed by atoms with Crippen LogP contribution >= 0.6 is 11.3 Å². The Kier molecular flexibility index (Phi) is 2.27. The molecule has 0 aliphatic rings. The van der Waals surface area contributed by atoms with Crippen molar-refractivity contribution in [1.29, 1.82) is 0 Å². The number of methoxy groups -OCH3 is 1. The molecule has 0 aromatic carbocycles. The highest BCUT2D eigenvalue weighted by atomic mass is 32.1. The molecule has 0 aliphatic carbocycles. The molecule has 0 atom stereocenters. The maximum atomic E-state index is 5.05. The van der Waals surface area contributed by atoms with Crippen LogP contribution in [0.3, 0.4) is 0 Å². The Morgan fingerprint density at radius 3 is 3.00 bits per heavy atom.